The number of hydrogen-bond donors (Lipinski definition) is 2. The lowest BCUT2D eigenvalue weighted by Gasteiger charge is -2.35. The number of aliphatic imine (C=N–C) groups is 1. The van der Waals surface area contributed by atoms with Crippen molar-refractivity contribution in [1.29, 1.82) is 0 Å². The minimum atomic E-state index is 0.0198. The van der Waals surface area contributed by atoms with E-state index in [-0.39, 0.29) is 18.4 Å². The number of para-hydroxylation sites is 1. The Bertz CT molecular complexity index is 856. The van der Waals surface area contributed by atoms with Crippen LogP contribution in [0.4, 0.5) is 11.4 Å². The van der Waals surface area contributed by atoms with E-state index in [1.165, 1.54) is 23.2 Å². The number of aryl methyl sites for hydroxylation is 2. The Morgan fingerprint density at radius 2 is 1.75 bits per heavy atom. The highest BCUT2D eigenvalue weighted by Gasteiger charge is 2.21. The van der Waals surface area contributed by atoms with Crippen LogP contribution in [0.2, 0.25) is 0 Å². The molecule has 0 radical (unpaired) electrons. The van der Waals surface area contributed by atoms with Crippen molar-refractivity contribution in [1.82, 2.24) is 4.90 Å². The predicted molar refractivity (Wildman–Crippen MR) is 114 cm³/mol. The second-order valence-corrected chi connectivity index (χ2v) is 7.37. The second-order valence-electron chi connectivity index (χ2n) is 7.37. The SMILES string of the molecule is NC(=NCC(=O)N1CCN(c2ccccc2)CC1)Nc1ccc2c(c1)CCC2. The molecule has 1 amide bonds. The Kier molecular flexibility index (Phi) is 5.46. The number of nitrogens with one attached hydrogen (secondary N) is 1. The van der Waals surface area contributed by atoms with Gasteiger partial charge in [-0.3, -0.25) is 4.79 Å². The molecular weight excluding hydrogens is 350 g/mol. The zero-order chi connectivity index (χ0) is 19.3. The summed E-state index contributed by atoms with van der Waals surface area (Å²) in [5.74, 6) is 0.306. The lowest BCUT2D eigenvalue weighted by atomic mass is 10.1. The molecule has 2 aromatic carbocycles. The highest BCUT2D eigenvalue weighted by Crippen LogP contribution is 2.24. The number of anilines is 2. The molecule has 1 fully saturated rings. The van der Waals surface area contributed by atoms with E-state index in [1.807, 2.05) is 29.2 Å². The molecule has 1 heterocycles. The molecular formula is C22H27N5O. The molecule has 28 heavy (non-hydrogen) atoms. The van der Waals surface area contributed by atoms with E-state index in [4.69, 9.17) is 5.73 Å². The maximum Gasteiger partial charge on any atom is 0.244 e. The predicted octanol–water partition coefficient (Wildman–Crippen LogP) is 2.25. The Morgan fingerprint density at radius 3 is 2.54 bits per heavy atom. The lowest BCUT2D eigenvalue weighted by Crippen LogP contribution is -2.49. The summed E-state index contributed by atoms with van der Waals surface area (Å²) in [5.41, 5.74) is 10.9. The van der Waals surface area contributed by atoms with Gasteiger partial charge in [0.25, 0.3) is 0 Å². The van der Waals surface area contributed by atoms with Gasteiger partial charge in [-0.1, -0.05) is 24.3 Å². The molecule has 2 aliphatic rings. The molecule has 0 spiro atoms. The van der Waals surface area contributed by atoms with E-state index in [0.717, 1.165) is 31.6 Å². The van der Waals surface area contributed by atoms with Crippen LogP contribution in [0.15, 0.2) is 53.5 Å². The van der Waals surface area contributed by atoms with E-state index in [1.54, 1.807) is 0 Å². The fourth-order valence-electron chi connectivity index (χ4n) is 3.94. The largest absolute Gasteiger partial charge is 0.370 e. The molecule has 1 saturated heterocycles. The fraction of sp³-hybridized carbons (Fsp3) is 0.364. The third-order valence-electron chi connectivity index (χ3n) is 5.51. The van der Waals surface area contributed by atoms with Gasteiger partial charge in [-0.05, 0) is 54.7 Å². The van der Waals surface area contributed by atoms with Crippen molar-refractivity contribution >= 4 is 23.2 Å². The van der Waals surface area contributed by atoms with Gasteiger partial charge in [0, 0.05) is 37.6 Å². The van der Waals surface area contributed by atoms with Crippen LogP contribution in [-0.2, 0) is 17.6 Å². The van der Waals surface area contributed by atoms with Gasteiger partial charge in [-0.25, -0.2) is 4.99 Å². The molecule has 0 atom stereocenters. The summed E-state index contributed by atoms with van der Waals surface area (Å²) >= 11 is 0. The first-order valence-corrected chi connectivity index (χ1v) is 9.95. The van der Waals surface area contributed by atoms with Crippen LogP contribution in [0.25, 0.3) is 0 Å². The van der Waals surface area contributed by atoms with Crippen LogP contribution in [-0.4, -0.2) is 49.5 Å². The highest BCUT2D eigenvalue weighted by molar-refractivity contribution is 5.94. The van der Waals surface area contributed by atoms with Gasteiger partial charge in [-0.15, -0.1) is 0 Å². The van der Waals surface area contributed by atoms with Crippen molar-refractivity contribution in [3.63, 3.8) is 0 Å². The summed E-state index contributed by atoms with van der Waals surface area (Å²) in [6.45, 7) is 3.17. The quantitative estimate of drug-likeness (QED) is 0.633. The van der Waals surface area contributed by atoms with Crippen molar-refractivity contribution in [3.8, 4) is 0 Å². The fourth-order valence-corrected chi connectivity index (χ4v) is 3.94. The van der Waals surface area contributed by atoms with Gasteiger partial charge in [0.05, 0.1) is 0 Å². The zero-order valence-electron chi connectivity index (χ0n) is 16.1. The third kappa shape index (κ3) is 4.27. The van der Waals surface area contributed by atoms with Crippen molar-refractivity contribution < 1.29 is 4.79 Å². The number of guanidine groups is 1. The number of nitrogens with two attached hydrogens (primary N) is 1. The standard InChI is InChI=1S/C22H27N5O/c23-22(25-19-10-9-17-5-4-6-18(17)15-19)24-16-21(28)27-13-11-26(12-14-27)20-7-2-1-3-8-20/h1-3,7-10,15H,4-6,11-14,16H2,(H3,23,24,25). The molecule has 1 aliphatic heterocycles. The average Bonchev–Trinajstić information content (AvgIpc) is 3.21. The van der Waals surface area contributed by atoms with Crippen LogP contribution in [0.3, 0.4) is 0 Å². The number of amides is 1. The molecule has 0 saturated carbocycles. The Morgan fingerprint density at radius 1 is 1.00 bits per heavy atom. The average molecular weight is 377 g/mol. The second kappa shape index (κ2) is 8.33. The van der Waals surface area contributed by atoms with E-state index in [0.29, 0.717) is 13.1 Å². The first kappa shape index (κ1) is 18.3. The van der Waals surface area contributed by atoms with Crippen LogP contribution in [0.5, 0.6) is 0 Å². The number of carbonyl (C=O) groups excluding carboxylic acids is 1. The molecule has 0 bridgehead atoms. The minimum absolute atomic E-state index is 0.0198. The number of hydrogen-bond acceptors (Lipinski definition) is 3. The Labute approximate surface area is 166 Å². The van der Waals surface area contributed by atoms with Gasteiger partial charge in [0.15, 0.2) is 5.96 Å². The van der Waals surface area contributed by atoms with Crippen molar-refractivity contribution in [2.75, 3.05) is 42.9 Å². The molecule has 6 nitrogen and oxygen atoms in total. The van der Waals surface area contributed by atoms with Crippen LogP contribution < -0.4 is 16.0 Å². The van der Waals surface area contributed by atoms with Gasteiger partial charge in [0.2, 0.25) is 5.91 Å². The monoisotopic (exact) mass is 377 g/mol. The van der Waals surface area contributed by atoms with Gasteiger partial charge >= 0.3 is 0 Å². The maximum atomic E-state index is 12.5. The first-order chi connectivity index (χ1) is 13.7. The summed E-state index contributed by atoms with van der Waals surface area (Å²) < 4.78 is 0. The van der Waals surface area contributed by atoms with E-state index in [9.17, 15) is 4.79 Å². The summed E-state index contributed by atoms with van der Waals surface area (Å²) in [6.07, 6.45) is 3.50. The molecule has 1 aliphatic carbocycles. The van der Waals surface area contributed by atoms with Crippen LogP contribution in [0.1, 0.15) is 17.5 Å². The highest BCUT2D eigenvalue weighted by atomic mass is 16.2. The number of fused-ring (bicyclic) bond motifs is 1. The molecule has 6 heteroatoms. The van der Waals surface area contributed by atoms with E-state index in [2.05, 4.69) is 39.5 Å². The van der Waals surface area contributed by atoms with Crippen molar-refractivity contribution in [3.05, 3.63) is 59.7 Å². The smallest absolute Gasteiger partial charge is 0.244 e. The number of benzene rings is 2. The number of rotatable bonds is 4. The molecule has 0 unspecified atom stereocenters. The van der Waals surface area contributed by atoms with E-state index >= 15 is 0 Å². The van der Waals surface area contributed by atoms with Crippen molar-refractivity contribution in [2.24, 2.45) is 10.7 Å². The minimum Gasteiger partial charge on any atom is -0.370 e. The molecule has 146 valence electrons. The van der Waals surface area contributed by atoms with Crippen molar-refractivity contribution in [2.45, 2.75) is 19.3 Å². The van der Waals surface area contributed by atoms with Gasteiger partial charge in [-0.2, -0.15) is 0 Å². The summed E-state index contributed by atoms with van der Waals surface area (Å²) in [4.78, 5) is 20.9. The maximum absolute atomic E-state index is 12.5. The van der Waals surface area contributed by atoms with Gasteiger partial charge in [0.1, 0.15) is 6.54 Å². The first-order valence-electron chi connectivity index (χ1n) is 9.95. The molecule has 2 aromatic rings. The van der Waals surface area contributed by atoms with Gasteiger partial charge < -0.3 is 20.9 Å². The molecule has 3 N–H and O–H groups in total. The molecule has 0 aromatic heterocycles. The summed E-state index contributed by atoms with van der Waals surface area (Å²) in [7, 11) is 0. The number of nitrogens with zero attached hydrogens (tertiary/aromatic N) is 3. The normalized spacial score (nSPS) is 16.8. The zero-order valence-corrected chi connectivity index (χ0v) is 16.1. The Balaban J connectivity index is 1.27. The number of piperazine rings is 1. The third-order valence-corrected chi connectivity index (χ3v) is 5.51. The molecule has 4 rings (SSSR count). The topological polar surface area (TPSA) is 74.0 Å². The van der Waals surface area contributed by atoms with Crippen LogP contribution >= 0.6 is 0 Å². The summed E-state index contributed by atoms with van der Waals surface area (Å²) in [5, 5.41) is 3.11. The summed E-state index contributed by atoms with van der Waals surface area (Å²) in [6, 6.07) is 16.6. The van der Waals surface area contributed by atoms with Crippen LogP contribution in [0, 0.1) is 0 Å². The lowest BCUT2D eigenvalue weighted by molar-refractivity contribution is -0.129. The number of carbonyl (C=O) groups is 1. The Hall–Kier alpha value is -3.02. The van der Waals surface area contributed by atoms with E-state index < -0.39 is 0 Å².